The smallest absolute Gasteiger partial charge is 0.271 e. The Morgan fingerprint density at radius 2 is 2.05 bits per heavy atom. The minimum atomic E-state index is -3.21. The zero-order chi connectivity index (χ0) is 16.2. The predicted octanol–water partition coefficient (Wildman–Crippen LogP) is 2.21. The fourth-order valence-electron chi connectivity index (χ4n) is 1.60. The van der Waals surface area contributed by atoms with Gasteiger partial charge in [-0.2, -0.15) is 0 Å². The number of aromatic nitrogens is 1. The second kappa shape index (κ2) is 6.71. The summed E-state index contributed by atoms with van der Waals surface area (Å²) in [6.07, 6.45) is 2.75. The van der Waals surface area contributed by atoms with Crippen LogP contribution in [0.5, 0.6) is 0 Å². The standard InChI is InChI=1S/C14H15N3O3S2/c1-3-8-15-13(18)12-9-21-14(17-12)16-10-4-6-11(7-5-10)22(2,19)20/h3-7,9H,1,8H2,2H3,(H,15,18)(H,16,17). The molecule has 0 aliphatic rings. The van der Waals surface area contributed by atoms with Crippen LogP contribution in [0.3, 0.4) is 0 Å². The summed E-state index contributed by atoms with van der Waals surface area (Å²) in [4.78, 5) is 16.1. The first-order valence-corrected chi connectivity index (χ1v) is 9.09. The SMILES string of the molecule is C=CCNC(=O)c1csc(Nc2ccc(S(C)(=O)=O)cc2)n1. The van der Waals surface area contributed by atoms with E-state index >= 15 is 0 Å². The summed E-state index contributed by atoms with van der Waals surface area (Å²) in [5.41, 5.74) is 1.02. The van der Waals surface area contributed by atoms with Crippen molar-refractivity contribution < 1.29 is 13.2 Å². The summed E-state index contributed by atoms with van der Waals surface area (Å²) in [5, 5.41) is 7.87. The predicted molar refractivity (Wildman–Crippen MR) is 87.5 cm³/mol. The van der Waals surface area contributed by atoms with Crippen molar-refractivity contribution in [1.82, 2.24) is 10.3 Å². The molecule has 8 heteroatoms. The van der Waals surface area contributed by atoms with Crippen molar-refractivity contribution in [3.05, 3.63) is 48.0 Å². The molecule has 1 heterocycles. The van der Waals surface area contributed by atoms with Crippen molar-refractivity contribution >= 4 is 37.9 Å². The quantitative estimate of drug-likeness (QED) is 0.789. The van der Waals surface area contributed by atoms with Gasteiger partial charge in [-0.15, -0.1) is 17.9 Å². The molecule has 1 amide bonds. The van der Waals surface area contributed by atoms with E-state index in [2.05, 4.69) is 22.2 Å². The number of benzene rings is 1. The third kappa shape index (κ3) is 4.15. The van der Waals surface area contributed by atoms with Crippen LogP contribution in [0.15, 0.2) is 47.2 Å². The van der Waals surface area contributed by atoms with Crippen molar-refractivity contribution in [1.29, 1.82) is 0 Å². The number of sulfone groups is 1. The monoisotopic (exact) mass is 337 g/mol. The lowest BCUT2D eigenvalue weighted by Gasteiger charge is -2.03. The van der Waals surface area contributed by atoms with Gasteiger partial charge >= 0.3 is 0 Å². The van der Waals surface area contributed by atoms with Crippen LogP contribution in [-0.2, 0) is 9.84 Å². The van der Waals surface area contributed by atoms with E-state index in [4.69, 9.17) is 0 Å². The molecule has 116 valence electrons. The number of rotatable bonds is 6. The third-order valence-electron chi connectivity index (χ3n) is 2.68. The van der Waals surface area contributed by atoms with Gasteiger partial charge in [0, 0.05) is 23.9 Å². The highest BCUT2D eigenvalue weighted by molar-refractivity contribution is 7.90. The van der Waals surface area contributed by atoms with E-state index < -0.39 is 9.84 Å². The van der Waals surface area contributed by atoms with Gasteiger partial charge in [-0.1, -0.05) is 6.08 Å². The fraction of sp³-hybridized carbons (Fsp3) is 0.143. The molecule has 0 saturated carbocycles. The molecule has 2 N–H and O–H groups in total. The first-order valence-electron chi connectivity index (χ1n) is 6.32. The lowest BCUT2D eigenvalue weighted by molar-refractivity contribution is 0.0954. The molecule has 0 fully saturated rings. The maximum Gasteiger partial charge on any atom is 0.271 e. The van der Waals surface area contributed by atoms with Crippen molar-refractivity contribution in [2.24, 2.45) is 0 Å². The summed E-state index contributed by atoms with van der Waals surface area (Å²) in [6.45, 7) is 3.91. The number of amides is 1. The minimum absolute atomic E-state index is 0.252. The molecule has 1 aromatic heterocycles. The lowest BCUT2D eigenvalue weighted by Crippen LogP contribution is -2.23. The average molecular weight is 337 g/mol. The molecule has 0 spiro atoms. The molecule has 2 aromatic rings. The number of anilines is 2. The summed E-state index contributed by atoms with van der Waals surface area (Å²) in [7, 11) is -3.21. The Labute approximate surface area is 132 Å². The van der Waals surface area contributed by atoms with E-state index in [0.29, 0.717) is 23.1 Å². The topological polar surface area (TPSA) is 88.2 Å². The Balaban J connectivity index is 2.07. The number of nitrogens with zero attached hydrogens (tertiary/aromatic N) is 1. The molecule has 6 nitrogen and oxygen atoms in total. The Morgan fingerprint density at radius 3 is 2.64 bits per heavy atom. The molecular formula is C14H15N3O3S2. The van der Waals surface area contributed by atoms with Crippen molar-refractivity contribution in [2.45, 2.75) is 4.90 Å². The summed E-state index contributed by atoms with van der Waals surface area (Å²) < 4.78 is 22.8. The molecular weight excluding hydrogens is 322 g/mol. The Hall–Kier alpha value is -2.19. The van der Waals surface area contributed by atoms with Crippen molar-refractivity contribution in [2.75, 3.05) is 18.1 Å². The largest absolute Gasteiger partial charge is 0.347 e. The highest BCUT2D eigenvalue weighted by atomic mass is 32.2. The Bertz CT molecular complexity index is 780. The van der Waals surface area contributed by atoms with Crippen LogP contribution in [0, 0.1) is 0 Å². The van der Waals surface area contributed by atoms with Gasteiger partial charge in [0.05, 0.1) is 4.90 Å². The van der Waals surface area contributed by atoms with Crippen LogP contribution < -0.4 is 10.6 Å². The van der Waals surface area contributed by atoms with Crippen LogP contribution in [0.2, 0.25) is 0 Å². The number of hydrogen-bond donors (Lipinski definition) is 2. The molecule has 22 heavy (non-hydrogen) atoms. The van der Waals surface area contributed by atoms with Gasteiger partial charge in [0.15, 0.2) is 15.0 Å². The van der Waals surface area contributed by atoms with E-state index in [1.54, 1.807) is 23.6 Å². The zero-order valence-corrected chi connectivity index (χ0v) is 13.5. The first-order chi connectivity index (χ1) is 10.4. The molecule has 0 atom stereocenters. The molecule has 2 rings (SSSR count). The van der Waals surface area contributed by atoms with Crippen LogP contribution >= 0.6 is 11.3 Å². The Kier molecular flexibility index (Phi) is 4.94. The summed E-state index contributed by atoms with van der Waals surface area (Å²) in [6, 6.07) is 6.33. The Morgan fingerprint density at radius 1 is 1.36 bits per heavy atom. The van der Waals surface area contributed by atoms with Gasteiger partial charge in [-0.25, -0.2) is 13.4 Å². The molecule has 0 saturated heterocycles. The van der Waals surface area contributed by atoms with E-state index in [1.165, 1.54) is 23.5 Å². The van der Waals surface area contributed by atoms with Crippen LogP contribution in [-0.4, -0.2) is 32.1 Å². The molecule has 0 unspecified atom stereocenters. The molecule has 1 aromatic carbocycles. The highest BCUT2D eigenvalue weighted by Gasteiger charge is 2.10. The summed E-state index contributed by atoms with van der Waals surface area (Å²) in [5.74, 6) is -0.267. The van der Waals surface area contributed by atoms with Gasteiger partial charge in [0.25, 0.3) is 5.91 Å². The van der Waals surface area contributed by atoms with Crippen LogP contribution in [0.4, 0.5) is 10.8 Å². The van der Waals surface area contributed by atoms with Crippen molar-refractivity contribution in [3.8, 4) is 0 Å². The number of carbonyl (C=O) groups excluding carboxylic acids is 1. The maximum absolute atomic E-state index is 11.7. The molecule has 0 aliphatic heterocycles. The fourth-order valence-corrected chi connectivity index (χ4v) is 2.94. The van der Waals surface area contributed by atoms with Crippen LogP contribution in [0.1, 0.15) is 10.5 Å². The second-order valence-corrected chi connectivity index (χ2v) is 7.33. The summed E-state index contributed by atoms with van der Waals surface area (Å²) >= 11 is 1.29. The minimum Gasteiger partial charge on any atom is -0.347 e. The van der Waals surface area contributed by atoms with E-state index in [0.717, 1.165) is 6.26 Å². The third-order valence-corrected chi connectivity index (χ3v) is 4.56. The van der Waals surface area contributed by atoms with E-state index in [1.807, 2.05) is 0 Å². The van der Waals surface area contributed by atoms with Crippen molar-refractivity contribution in [3.63, 3.8) is 0 Å². The molecule has 0 bridgehead atoms. The number of carbonyl (C=O) groups is 1. The molecule has 0 radical (unpaired) electrons. The van der Waals surface area contributed by atoms with Gasteiger partial charge in [0.1, 0.15) is 5.69 Å². The molecule has 0 aliphatic carbocycles. The average Bonchev–Trinajstić information content (AvgIpc) is 2.93. The highest BCUT2D eigenvalue weighted by Crippen LogP contribution is 2.22. The van der Waals surface area contributed by atoms with Gasteiger partial charge in [-0.05, 0) is 24.3 Å². The van der Waals surface area contributed by atoms with E-state index in [9.17, 15) is 13.2 Å². The number of nitrogens with one attached hydrogen (secondary N) is 2. The first kappa shape index (κ1) is 16.2. The number of hydrogen-bond acceptors (Lipinski definition) is 6. The van der Waals surface area contributed by atoms with Gasteiger partial charge < -0.3 is 10.6 Å². The normalized spacial score (nSPS) is 11.0. The zero-order valence-electron chi connectivity index (χ0n) is 11.9. The number of thiazole rings is 1. The second-order valence-electron chi connectivity index (χ2n) is 4.46. The van der Waals surface area contributed by atoms with Crippen LogP contribution in [0.25, 0.3) is 0 Å². The van der Waals surface area contributed by atoms with Gasteiger partial charge in [-0.3, -0.25) is 4.79 Å². The maximum atomic E-state index is 11.7. The van der Waals surface area contributed by atoms with E-state index in [-0.39, 0.29) is 10.8 Å². The lowest BCUT2D eigenvalue weighted by atomic mass is 10.3. The van der Waals surface area contributed by atoms with Gasteiger partial charge in [0.2, 0.25) is 0 Å².